The number of hydrogen-bond donors (Lipinski definition) is 3. The first-order chi connectivity index (χ1) is 19.0. The number of fused-ring (bicyclic) bond motifs is 1. The summed E-state index contributed by atoms with van der Waals surface area (Å²) in [5, 5.41) is 19.4. The van der Waals surface area contributed by atoms with Gasteiger partial charge in [-0.15, -0.1) is 0 Å². The largest absolute Gasteiger partial charge is 0.444 e. The molecule has 11 nitrogen and oxygen atoms in total. The zero-order chi connectivity index (χ0) is 28.9. The predicted molar refractivity (Wildman–Crippen MR) is 150 cm³/mol. The maximum atomic E-state index is 13.1. The fourth-order valence-electron chi connectivity index (χ4n) is 4.14. The lowest BCUT2D eigenvalue weighted by Crippen LogP contribution is -2.39. The average Bonchev–Trinajstić information content (AvgIpc) is 3.23. The molecule has 3 aromatic carbocycles. The molecule has 3 aromatic rings. The number of ether oxygens (including phenoxy) is 1. The fourth-order valence-corrected chi connectivity index (χ4v) is 4.14. The standard InChI is InChI=1S/C29H29N5O6/c1-29(2,3)40-28(37)31-17-24(35)30-16-18-8-7-11-20(14-18)32-26(19-9-5-4-6-10-19)25-22-15-21(34(38)39)12-13-23(22)33-27(25)36/h4-15,25H,16-17H2,1-3H3,(H,30,35)(H,31,37)(H,33,36). The van der Waals surface area contributed by atoms with E-state index in [1.54, 1.807) is 39.0 Å². The minimum Gasteiger partial charge on any atom is -0.444 e. The lowest BCUT2D eigenvalue weighted by molar-refractivity contribution is -0.384. The number of amides is 3. The number of benzene rings is 3. The number of nitro groups is 1. The second-order valence-corrected chi connectivity index (χ2v) is 10.1. The van der Waals surface area contributed by atoms with Crippen molar-refractivity contribution in [3.05, 3.63) is 99.6 Å². The third-order valence-corrected chi connectivity index (χ3v) is 5.86. The van der Waals surface area contributed by atoms with E-state index in [0.29, 0.717) is 28.2 Å². The Kier molecular flexibility index (Phi) is 8.23. The van der Waals surface area contributed by atoms with E-state index in [4.69, 9.17) is 9.73 Å². The molecule has 0 radical (unpaired) electrons. The van der Waals surface area contributed by atoms with E-state index in [9.17, 15) is 24.5 Å². The van der Waals surface area contributed by atoms with Crippen LogP contribution in [0.1, 0.15) is 43.4 Å². The maximum absolute atomic E-state index is 13.1. The Morgan fingerprint density at radius 1 is 1.02 bits per heavy atom. The van der Waals surface area contributed by atoms with Crippen LogP contribution in [-0.2, 0) is 20.9 Å². The predicted octanol–water partition coefficient (Wildman–Crippen LogP) is 4.59. The summed E-state index contributed by atoms with van der Waals surface area (Å²) in [6, 6.07) is 20.5. The number of non-ortho nitro benzene ring substituents is 1. The Bertz CT molecular complexity index is 1480. The van der Waals surface area contributed by atoms with E-state index >= 15 is 0 Å². The zero-order valence-corrected chi connectivity index (χ0v) is 22.3. The molecule has 0 spiro atoms. The van der Waals surface area contributed by atoms with E-state index in [1.165, 1.54) is 18.2 Å². The molecule has 11 heteroatoms. The molecule has 1 heterocycles. The van der Waals surface area contributed by atoms with Crippen LogP contribution < -0.4 is 16.0 Å². The molecule has 0 aliphatic carbocycles. The third kappa shape index (κ3) is 7.07. The highest BCUT2D eigenvalue weighted by molar-refractivity contribution is 6.24. The molecule has 1 unspecified atom stereocenters. The van der Waals surface area contributed by atoms with Gasteiger partial charge in [0.25, 0.3) is 5.69 Å². The number of rotatable bonds is 8. The second-order valence-electron chi connectivity index (χ2n) is 10.1. The van der Waals surface area contributed by atoms with Crippen molar-refractivity contribution in [2.75, 3.05) is 11.9 Å². The van der Waals surface area contributed by atoms with Gasteiger partial charge >= 0.3 is 6.09 Å². The van der Waals surface area contributed by atoms with Crippen LogP contribution in [-0.4, -0.2) is 40.7 Å². The molecule has 3 N–H and O–H groups in total. The Labute approximate surface area is 230 Å². The smallest absolute Gasteiger partial charge is 0.408 e. The van der Waals surface area contributed by atoms with Crippen molar-refractivity contribution in [2.24, 2.45) is 4.99 Å². The van der Waals surface area contributed by atoms with Crippen LogP contribution in [0.25, 0.3) is 0 Å². The van der Waals surface area contributed by atoms with Gasteiger partial charge in [-0.05, 0) is 50.1 Å². The van der Waals surface area contributed by atoms with Gasteiger partial charge in [0.1, 0.15) is 18.1 Å². The molecule has 1 aliphatic rings. The van der Waals surface area contributed by atoms with Gasteiger partial charge in [0.2, 0.25) is 11.8 Å². The number of anilines is 1. The van der Waals surface area contributed by atoms with Gasteiger partial charge in [-0.3, -0.25) is 24.7 Å². The quantitative estimate of drug-likeness (QED) is 0.215. The van der Waals surface area contributed by atoms with Crippen LogP contribution in [0.4, 0.5) is 21.9 Å². The monoisotopic (exact) mass is 543 g/mol. The van der Waals surface area contributed by atoms with Crippen LogP contribution in [0.15, 0.2) is 77.8 Å². The lowest BCUT2D eigenvalue weighted by Gasteiger charge is -2.19. The highest BCUT2D eigenvalue weighted by Gasteiger charge is 2.36. The Balaban J connectivity index is 1.56. The first-order valence-electron chi connectivity index (χ1n) is 12.6. The van der Waals surface area contributed by atoms with Crippen LogP contribution in [0.3, 0.4) is 0 Å². The van der Waals surface area contributed by atoms with Gasteiger partial charge in [-0.2, -0.15) is 0 Å². The highest BCUT2D eigenvalue weighted by Crippen LogP contribution is 2.38. The van der Waals surface area contributed by atoms with Gasteiger partial charge in [-0.1, -0.05) is 42.5 Å². The molecule has 0 bridgehead atoms. The van der Waals surface area contributed by atoms with Crippen molar-refractivity contribution < 1.29 is 24.0 Å². The summed E-state index contributed by atoms with van der Waals surface area (Å²) in [6.07, 6.45) is -0.685. The molecule has 0 aromatic heterocycles. The summed E-state index contributed by atoms with van der Waals surface area (Å²) in [5.74, 6) is -1.59. The normalized spacial score (nSPS) is 14.6. The third-order valence-electron chi connectivity index (χ3n) is 5.86. The Hall–Kier alpha value is -5.06. The molecular weight excluding hydrogens is 514 g/mol. The summed E-state index contributed by atoms with van der Waals surface area (Å²) < 4.78 is 5.12. The molecule has 0 saturated heterocycles. The molecule has 4 rings (SSSR count). The molecule has 3 amide bonds. The number of nitrogens with one attached hydrogen (secondary N) is 3. The van der Waals surface area contributed by atoms with Crippen molar-refractivity contribution >= 4 is 40.7 Å². The van der Waals surface area contributed by atoms with Gasteiger partial charge in [-0.25, -0.2) is 4.79 Å². The number of alkyl carbamates (subject to hydrolysis) is 1. The summed E-state index contributed by atoms with van der Waals surface area (Å²) in [6.45, 7) is 5.12. The minimum absolute atomic E-state index is 0.119. The second kappa shape index (κ2) is 11.8. The van der Waals surface area contributed by atoms with Crippen LogP contribution >= 0.6 is 0 Å². The van der Waals surface area contributed by atoms with E-state index < -0.39 is 28.4 Å². The van der Waals surface area contributed by atoms with Gasteiger partial charge in [0.15, 0.2) is 0 Å². The molecule has 0 saturated carbocycles. The van der Waals surface area contributed by atoms with Crippen molar-refractivity contribution in [1.29, 1.82) is 0 Å². The van der Waals surface area contributed by atoms with Crippen molar-refractivity contribution in [3.63, 3.8) is 0 Å². The van der Waals surface area contributed by atoms with E-state index in [1.807, 2.05) is 36.4 Å². The van der Waals surface area contributed by atoms with Crippen LogP contribution in [0.2, 0.25) is 0 Å². The number of hydrogen-bond acceptors (Lipinski definition) is 7. The summed E-state index contributed by atoms with van der Waals surface area (Å²) in [5.41, 5.74) is 2.58. The Morgan fingerprint density at radius 2 is 1.77 bits per heavy atom. The summed E-state index contributed by atoms with van der Waals surface area (Å²) in [4.78, 5) is 52.8. The number of nitro benzene ring substituents is 1. The van der Waals surface area contributed by atoms with Gasteiger partial charge < -0.3 is 20.7 Å². The van der Waals surface area contributed by atoms with Crippen LogP contribution in [0.5, 0.6) is 0 Å². The summed E-state index contributed by atoms with van der Waals surface area (Å²) in [7, 11) is 0. The van der Waals surface area contributed by atoms with Gasteiger partial charge in [0, 0.05) is 29.9 Å². The fraction of sp³-hybridized carbons (Fsp3) is 0.241. The zero-order valence-electron chi connectivity index (χ0n) is 22.3. The van der Waals surface area contributed by atoms with Crippen molar-refractivity contribution in [2.45, 2.75) is 38.8 Å². The highest BCUT2D eigenvalue weighted by atomic mass is 16.6. The molecule has 1 atom stereocenters. The SMILES string of the molecule is CC(C)(C)OC(=O)NCC(=O)NCc1cccc(N=C(c2ccccc2)C2C(=O)Nc3ccc([N+](=O)[O-])cc32)c1. The number of nitrogens with zero attached hydrogens (tertiary/aromatic N) is 2. The van der Waals surface area contributed by atoms with E-state index in [0.717, 1.165) is 5.56 Å². The topological polar surface area (TPSA) is 152 Å². The lowest BCUT2D eigenvalue weighted by atomic mass is 9.90. The minimum atomic E-state index is -0.861. The first-order valence-corrected chi connectivity index (χ1v) is 12.6. The van der Waals surface area contributed by atoms with Crippen molar-refractivity contribution in [1.82, 2.24) is 10.6 Å². The summed E-state index contributed by atoms with van der Waals surface area (Å²) >= 11 is 0. The van der Waals surface area contributed by atoms with Gasteiger partial charge in [0.05, 0.1) is 16.3 Å². The molecule has 206 valence electrons. The molecular formula is C29H29N5O6. The molecule has 40 heavy (non-hydrogen) atoms. The van der Waals surface area contributed by atoms with E-state index in [-0.39, 0.29) is 24.7 Å². The number of carbonyl (C=O) groups excluding carboxylic acids is 3. The molecule has 1 aliphatic heterocycles. The number of carbonyl (C=O) groups is 3. The maximum Gasteiger partial charge on any atom is 0.408 e. The van der Waals surface area contributed by atoms with Crippen LogP contribution in [0, 0.1) is 10.1 Å². The molecule has 0 fully saturated rings. The number of aliphatic imine (C=N–C) groups is 1. The van der Waals surface area contributed by atoms with E-state index in [2.05, 4.69) is 16.0 Å². The Morgan fingerprint density at radius 3 is 2.48 bits per heavy atom. The van der Waals surface area contributed by atoms with Crippen molar-refractivity contribution in [3.8, 4) is 0 Å². The average molecular weight is 544 g/mol. The first kappa shape index (κ1) is 28.0.